The Kier molecular flexibility index (Phi) is 3.60. The topological polar surface area (TPSA) is 34.9 Å². The van der Waals surface area contributed by atoms with Gasteiger partial charge in [0.15, 0.2) is 0 Å². The molecule has 0 unspecified atom stereocenters. The fourth-order valence-corrected chi connectivity index (χ4v) is 1.93. The molecule has 2 aromatic rings. The average Bonchev–Trinajstić information content (AvgIpc) is 2.36. The van der Waals surface area contributed by atoms with E-state index in [1.54, 1.807) is 10.9 Å². The second kappa shape index (κ2) is 5.17. The maximum atomic E-state index is 12.1. The third kappa shape index (κ3) is 2.50. The molecule has 1 aromatic heterocycles. The van der Waals surface area contributed by atoms with Crippen molar-refractivity contribution in [3.8, 4) is 0 Å². The van der Waals surface area contributed by atoms with Crippen LogP contribution < -0.4 is 5.56 Å². The Morgan fingerprint density at radius 2 is 1.89 bits per heavy atom. The first-order valence-electron chi connectivity index (χ1n) is 6.20. The summed E-state index contributed by atoms with van der Waals surface area (Å²) in [5.74, 6) is 0. The van der Waals surface area contributed by atoms with Crippen LogP contribution in [0.4, 0.5) is 0 Å². The number of aromatic nitrogens is 2. The van der Waals surface area contributed by atoms with Crippen molar-refractivity contribution in [3.63, 3.8) is 0 Å². The zero-order chi connectivity index (χ0) is 13.1. The first-order valence-corrected chi connectivity index (χ1v) is 6.20. The highest BCUT2D eigenvalue weighted by Crippen LogP contribution is 2.09. The lowest BCUT2D eigenvalue weighted by molar-refractivity contribution is 0.561. The Hall–Kier alpha value is -1.90. The van der Waals surface area contributed by atoms with Crippen molar-refractivity contribution in [2.24, 2.45) is 0 Å². The molecule has 3 nitrogen and oxygen atoms in total. The van der Waals surface area contributed by atoms with Crippen LogP contribution in [-0.4, -0.2) is 9.55 Å². The van der Waals surface area contributed by atoms with Crippen LogP contribution in [0, 0.1) is 6.92 Å². The van der Waals surface area contributed by atoms with Gasteiger partial charge in [-0.05, 0) is 26.3 Å². The molecule has 0 saturated heterocycles. The fraction of sp³-hybridized carbons (Fsp3) is 0.333. The maximum absolute atomic E-state index is 12.1. The molecule has 94 valence electrons. The highest BCUT2D eigenvalue weighted by atomic mass is 16.1. The lowest BCUT2D eigenvalue weighted by atomic mass is 10.1. The molecule has 18 heavy (non-hydrogen) atoms. The van der Waals surface area contributed by atoms with Crippen LogP contribution >= 0.6 is 0 Å². The van der Waals surface area contributed by atoms with E-state index >= 15 is 0 Å². The van der Waals surface area contributed by atoms with Gasteiger partial charge in [0.1, 0.15) is 0 Å². The second-order valence-corrected chi connectivity index (χ2v) is 4.78. The van der Waals surface area contributed by atoms with Gasteiger partial charge in [-0.2, -0.15) is 0 Å². The number of benzene rings is 1. The monoisotopic (exact) mass is 242 g/mol. The minimum absolute atomic E-state index is 0.0610. The number of hydrogen-bond donors (Lipinski definition) is 0. The molecule has 0 radical (unpaired) electrons. The van der Waals surface area contributed by atoms with E-state index in [0.29, 0.717) is 6.42 Å². The summed E-state index contributed by atoms with van der Waals surface area (Å²) in [6.45, 7) is 5.82. The van der Waals surface area contributed by atoms with Gasteiger partial charge in [-0.1, -0.05) is 30.3 Å². The van der Waals surface area contributed by atoms with Gasteiger partial charge in [-0.15, -0.1) is 0 Å². The first-order chi connectivity index (χ1) is 8.59. The molecule has 3 heteroatoms. The molecule has 0 aliphatic carbocycles. The second-order valence-electron chi connectivity index (χ2n) is 4.78. The summed E-state index contributed by atoms with van der Waals surface area (Å²) in [4.78, 5) is 16.6. The normalized spacial score (nSPS) is 10.9. The Bertz CT molecular complexity index is 585. The molecule has 0 saturated carbocycles. The Balaban J connectivity index is 2.37. The van der Waals surface area contributed by atoms with Crippen molar-refractivity contribution in [3.05, 3.63) is 63.8 Å². The minimum Gasteiger partial charge on any atom is -0.296 e. The Morgan fingerprint density at radius 1 is 1.22 bits per heavy atom. The third-order valence-electron chi connectivity index (χ3n) is 3.10. The van der Waals surface area contributed by atoms with Crippen molar-refractivity contribution in [2.75, 3.05) is 0 Å². The van der Waals surface area contributed by atoms with Crippen LogP contribution in [0.5, 0.6) is 0 Å². The summed E-state index contributed by atoms with van der Waals surface area (Å²) in [5.41, 5.74) is 2.85. The molecular formula is C15H18N2O. The van der Waals surface area contributed by atoms with E-state index in [4.69, 9.17) is 0 Å². The molecule has 0 aliphatic heterocycles. The summed E-state index contributed by atoms with van der Waals surface area (Å²) >= 11 is 0. The van der Waals surface area contributed by atoms with Crippen LogP contribution in [-0.2, 0) is 6.42 Å². The van der Waals surface area contributed by atoms with Crippen molar-refractivity contribution < 1.29 is 0 Å². The highest BCUT2D eigenvalue weighted by Gasteiger charge is 2.09. The lowest BCUT2D eigenvalue weighted by Gasteiger charge is -2.12. The van der Waals surface area contributed by atoms with Gasteiger partial charge in [0, 0.05) is 18.0 Å². The van der Waals surface area contributed by atoms with E-state index in [-0.39, 0.29) is 11.6 Å². The van der Waals surface area contributed by atoms with Gasteiger partial charge in [-0.25, -0.2) is 4.98 Å². The Morgan fingerprint density at radius 3 is 2.50 bits per heavy atom. The maximum Gasteiger partial charge on any atom is 0.256 e. The highest BCUT2D eigenvalue weighted by molar-refractivity contribution is 5.25. The van der Waals surface area contributed by atoms with Crippen LogP contribution in [0.3, 0.4) is 0 Å². The third-order valence-corrected chi connectivity index (χ3v) is 3.10. The van der Waals surface area contributed by atoms with Crippen molar-refractivity contribution >= 4 is 0 Å². The van der Waals surface area contributed by atoms with Gasteiger partial charge in [0.25, 0.3) is 5.56 Å². The zero-order valence-electron chi connectivity index (χ0n) is 11.1. The fourth-order valence-electron chi connectivity index (χ4n) is 1.93. The zero-order valence-corrected chi connectivity index (χ0v) is 11.1. The smallest absolute Gasteiger partial charge is 0.256 e. The molecule has 0 atom stereocenters. The van der Waals surface area contributed by atoms with E-state index in [9.17, 15) is 4.79 Å². The van der Waals surface area contributed by atoms with E-state index in [1.807, 2.05) is 39.0 Å². The van der Waals surface area contributed by atoms with Crippen molar-refractivity contribution in [1.82, 2.24) is 9.55 Å². The molecule has 0 amide bonds. The van der Waals surface area contributed by atoms with Gasteiger partial charge < -0.3 is 0 Å². The summed E-state index contributed by atoms with van der Waals surface area (Å²) in [5, 5.41) is 0. The molecule has 0 fully saturated rings. The van der Waals surface area contributed by atoms with Gasteiger partial charge in [-0.3, -0.25) is 9.36 Å². The van der Waals surface area contributed by atoms with Crippen molar-refractivity contribution in [2.45, 2.75) is 33.2 Å². The van der Waals surface area contributed by atoms with E-state index in [1.165, 1.54) is 5.56 Å². The van der Waals surface area contributed by atoms with Crippen LogP contribution in [0.25, 0.3) is 0 Å². The standard InChI is InChI=1S/C15H18N2O/c1-11(2)17-10-16-14(12(3)15(17)18)9-13-7-5-4-6-8-13/h4-8,10-11H,9H2,1-3H3. The van der Waals surface area contributed by atoms with E-state index in [0.717, 1.165) is 11.3 Å². The first kappa shape index (κ1) is 12.6. The van der Waals surface area contributed by atoms with E-state index < -0.39 is 0 Å². The van der Waals surface area contributed by atoms with Crippen molar-refractivity contribution in [1.29, 1.82) is 0 Å². The van der Waals surface area contributed by atoms with Gasteiger partial charge in [0.2, 0.25) is 0 Å². The predicted octanol–water partition coefficient (Wildman–Crippen LogP) is 2.72. The quantitative estimate of drug-likeness (QED) is 0.829. The summed E-state index contributed by atoms with van der Waals surface area (Å²) < 4.78 is 1.67. The molecule has 0 N–H and O–H groups in total. The molecule has 0 aliphatic rings. The summed E-state index contributed by atoms with van der Waals surface area (Å²) in [7, 11) is 0. The SMILES string of the molecule is Cc1c(Cc2ccccc2)ncn(C(C)C)c1=O. The number of hydrogen-bond acceptors (Lipinski definition) is 2. The van der Waals surface area contributed by atoms with Crippen LogP contribution in [0.15, 0.2) is 41.5 Å². The summed E-state index contributed by atoms with van der Waals surface area (Å²) in [6.07, 6.45) is 2.36. The van der Waals surface area contributed by atoms with Crippen LogP contribution in [0.2, 0.25) is 0 Å². The van der Waals surface area contributed by atoms with Gasteiger partial charge in [0.05, 0.1) is 12.0 Å². The van der Waals surface area contributed by atoms with Gasteiger partial charge >= 0.3 is 0 Å². The van der Waals surface area contributed by atoms with Crippen LogP contribution in [0.1, 0.15) is 36.7 Å². The molecule has 0 spiro atoms. The minimum atomic E-state index is 0.0610. The molecule has 1 aromatic carbocycles. The molecule has 0 bridgehead atoms. The average molecular weight is 242 g/mol. The predicted molar refractivity (Wildman–Crippen MR) is 72.9 cm³/mol. The number of rotatable bonds is 3. The number of nitrogens with zero attached hydrogens (tertiary/aromatic N) is 2. The largest absolute Gasteiger partial charge is 0.296 e. The van der Waals surface area contributed by atoms with E-state index in [2.05, 4.69) is 17.1 Å². The lowest BCUT2D eigenvalue weighted by Crippen LogP contribution is -2.26. The molecule has 1 heterocycles. The Labute approximate surface area is 107 Å². The molecule has 2 rings (SSSR count). The molecular weight excluding hydrogens is 224 g/mol. The summed E-state index contributed by atoms with van der Waals surface area (Å²) in [6, 6.07) is 10.2.